The summed E-state index contributed by atoms with van der Waals surface area (Å²) in [5.74, 6) is 0. The molecular weight excluding hydrogens is 246 g/mol. The molecule has 0 aliphatic heterocycles. The summed E-state index contributed by atoms with van der Waals surface area (Å²) < 4.78 is 0. The molecule has 0 saturated heterocycles. The fourth-order valence-corrected chi connectivity index (χ4v) is 2.01. The standard InChI is InChI=1S/C15H16ClNO/c16-13-8-6-12(7-9-13)15(10-11-18)17-14-4-2-1-3-5-14/h1-9,15,17-18H,10-11H2. The summed E-state index contributed by atoms with van der Waals surface area (Å²) >= 11 is 5.88. The average Bonchev–Trinajstić information content (AvgIpc) is 2.40. The van der Waals surface area contributed by atoms with Crippen LogP contribution in [0, 0.1) is 0 Å². The van der Waals surface area contributed by atoms with Crippen LogP contribution in [-0.2, 0) is 0 Å². The monoisotopic (exact) mass is 261 g/mol. The van der Waals surface area contributed by atoms with Gasteiger partial charge in [-0.05, 0) is 36.2 Å². The third-order valence-electron chi connectivity index (χ3n) is 2.80. The molecular formula is C15H16ClNO. The first kappa shape index (κ1) is 12.9. The lowest BCUT2D eigenvalue weighted by atomic mass is 10.0. The number of nitrogens with one attached hydrogen (secondary N) is 1. The van der Waals surface area contributed by atoms with Crippen LogP contribution in [-0.4, -0.2) is 11.7 Å². The lowest BCUT2D eigenvalue weighted by molar-refractivity contribution is 0.280. The van der Waals surface area contributed by atoms with Crippen molar-refractivity contribution in [2.75, 3.05) is 11.9 Å². The summed E-state index contributed by atoms with van der Waals surface area (Å²) in [4.78, 5) is 0. The molecule has 1 unspecified atom stereocenters. The fourth-order valence-electron chi connectivity index (χ4n) is 1.88. The summed E-state index contributed by atoms with van der Waals surface area (Å²) in [5, 5.41) is 13.3. The van der Waals surface area contributed by atoms with Crippen molar-refractivity contribution in [3.63, 3.8) is 0 Å². The van der Waals surface area contributed by atoms with E-state index in [1.807, 2.05) is 54.6 Å². The predicted octanol–water partition coefficient (Wildman–Crippen LogP) is 3.88. The highest BCUT2D eigenvalue weighted by Gasteiger charge is 2.10. The number of hydrogen-bond acceptors (Lipinski definition) is 2. The number of aliphatic hydroxyl groups is 1. The van der Waals surface area contributed by atoms with Crippen molar-refractivity contribution < 1.29 is 5.11 Å². The van der Waals surface area contributed by atoms with Crippen molar-refractivity contribution >= 4 is 17.3 Å². The number of halogens is 1. The number of para-hydroxylation sites is 1. The van der Waals surface area contributed by atoms with Crippen LogP contribution in [0.25, 0.3) is 0 Å². The van der Waals surface area contributed by atoms with E-state index in [2.05, 4.69) is 5.32 Å². The smallest absolute Gasteiger partial charge is 0.0535 e. The van der Waals surface area contributed by atoms with Crippen LogP contribution in [0.5, 0.6) is 0 Å². The van der Waals surface area contributed by atoms with Crippen molar-refractivity contribution in [1.29, 1.82) is 0 Å². The summed E-state index contributed by atoms with van der Waals surface area (Å²) in [7, 11) is 0. The molecule has 0 aliphatic rings. The molecule has 0 radical (unpaired) electrons. The molecule has 1 atom stereocenters. The van der Waals surface area contributed by atoms with Crippen molar-refractivity contribution in [3.05, 3.63) is 65.2 Å². The first-order chi connectivity index (χ1) is 8.79. The zero-order chi connectivity index (χ0) is 12.8. The molecule has 0 bridgehead atoms. The molecule has 0 aromatic heterocycles. The summed E-state index contributed by atoms with van der Waals surface area (Å²) in [6.07, 6.45) is 0.663. The summed E-state index contributed by atoms with van der Waals surface area (Å²) in [5.41, 5.74) is 2.17. The van der Waals surface area contributed by atoms with Gasteiger partial charge in [-0.2, -0.15) is 0 Å². The van der Waals surface area contributed by atoms with Gasteiger partial charge in [0.05, 0.1) is 6.04 Å². The Labute approximate surface area is 112 Å². The summed E-state index contributed by atoms with van der Waals surface area (Å²) in [6.45, 7) is 0.146. The topological polar surface area (TPSA) is 32.3 Å². The molecule has 2 N–H and O–H groups in total. The van der Waals surface area contributed by atoms with Gasteiger partial charge in [0.2, 0.25) is 0 Å². The molecule has 2 rings (SSSR count). The van der Waals surface area contributed by atoms with Gasteiger partial charge in [-0.1, -0.05) is 41.9 Å². The van der Waals surface area contributed by atoms with Crippen LogP contribution in [0.3, 0.4) is 0 Å². The summed E-state index contributed by atoms with van der Waals surface area (Å²) in [6, 6.07) is 17.8. The van der Waals surface area contributed by atoms with E-state index < -0.39 is 0 Å². The molecule has 0 fully saturated rings. The fraction of sp³-hybridized carbons (Fsp3) is 0.200. The zero-order valence-electron chi connectivity index (χ0n) is 10.0. The van der Waals surface area contributed by atoms with Gasteiger partial charge in [-0.25, -0.2) is 0 Å². The molecule has 3 heteroatoms. The molecule has 2 nitrogen and oxygen atoms in total. The SMILES string of the molecule is OCCC(Nc1ccccc1)c1ccc(Cl)cc1. The number of hydrogen-bond donors (Lipinski definition) is 2. The highest BCUT2D eigenvalue weighted by molar-refractivity contribution is 6.30. The maximum Gasteiger partial charge on any atom is 0.0535 e. The first-order valence-corrected chi connectivity index (χ1v) is 6.35. The third kappa shape index (κ3) is 3.49. The number of benzene rings is 2. The average molecular weight is 262 g/mol. The quantitative estimate of drug-likeness (QED) is 0.856. The Balaban J connectivity index is 2.15. The molecule has 0 aliphatic carbocycles. The second-order valence-electron chi connectivity index (χ2n) is 4.13. The van der Waals surface area contributed by atoms with Gasteiger partial charge in [0, 0.05) is 17.3 Å². The Morgan fingerprint density at radius 3 is 2.28 bits per heavy atom. The first-order valence-electron chi connectivity index (χ1n) is 5.97. The highest BCUT2D eigenvalue weighted by Crippen LogP contribution is 2.23. The van der Waals surface area contributed by atoms with E-state index in [-0.39, 0.29) is 12.6 Å². The van der Waals surface area contributed by atoms with Crippen molar-refractivity contribution in [1.82, 2.24) is 0 Å². The van der Waals surface area contributed by atoms with Crippen LogP contribution < -0.4 is 5.32 Å². The molecule has 18 heavy (non-hydrogen) atoms. The molecule has 0 amide bonds. The molecule has 0 saturated carbocycles. The Hall–Kier alpha value is -1.51. The largest absolute Gasteiger partial charge is 0.396 e. The van der Waals surface area contributed by atoms with Crippen LogP contribution in [0.15, 0.2) is 54.6 Å². The molecule has 0 heterocycles. The number of anilines is 1. The Morgan fingerprint density at radius 1 is 1.00 bits per heavy atom. The Morgan fingerprint density at radius 2 is 1.67 bits per heavy atom. The molecule has 94 valence electrons. The molecule has 2 aromatic rings. The molecule has 2 aromatic carbocycles. The second-order valence-corrected chi connectivity index (χ2v) is 4.56. The van der Waals surface area contributed by atoms with E-state index in [1.165, 1.54) is 0 Å². The lowest BCUT2D eigenvalue weighted by Gasteiger charge is -2.19. The van der Waals surface area contributed by atoms with E-state index in [9.17, 15) is 0 Å². The minimum Gasteiger partial charge on any atom is -0.396 e. The van der Waals surface area contributed by atoms with Gasteiger partial charge in [-0.3, -0.25) is 0 Å². The van der Waals surface area contributed by atoms with E-state index in [0.29, 0.717) is 6.42 Å². The van der Waals surface area contributed by atoms with E-state index in [4.69, 9.17) is 16.7 Å². The highest BCUT2D eigenvalue weighted by atomic mass is 35.5. The van der Waals surface area contributed by atoms with Gasteiger partial charge in [0.25, 0.3) is 0 Å². The van der Waals surface area contributed by atoms with E-state index >= 15 is 0 Å². The van der Waals surface area contributed by atoms with E-state index in [1.54, 1.807) is 0 Å². The van der Waals surface area contributed by atoms with Crippen molar-refractivity contribution in [2.24, 2.45) is 0 Å². The van der Waals surface area contributed by atoms with Gasteiger partial charge in [0.15, 0.2) is 0 Å². The van der Waals surface area contributed by atoms with Crippen LogP contribution in [0.4, 0.5) is 5.69 Å². The van der Waals surface area contributed by atoms with Crippen molar-refractivity contribution in [3.8, 4) is 0 Å². The van der Waals surface area contributed by atoms with Crippen molar-refractivity contribution in [2.45, 2.75) is 12.5 Å². The van der Waals surface area contributed by atoms with Gasteiger partial charge in [-0.15, -0.1) is 0 Å². The normalized spacial score (nSPS) is 12.1. The third-order valence-corrected chi connectivity index (χ3v) is 3.06. The minimum absolute atomic E-state index is 0.0923. The second kappa shape index (κ2) is 6.43. The maximum absolute atomic E-state index is 9.16. The van der Waals surface area contributed by atoms with Crippen LogP contribution >= 0.6 is 11.6 Å². The number of aliphatic hydroxyl groups excluding tert-OH is 1. The van der Waals surface area contributed by atoms with E-state index in [0.717, 1.165) is 16.3 Å². The van der Waals surface area contributed by atoms with Crippen LogP contribution in [0.1, 0.15) is 18.0 Å². The molecule has 0 spiro atoms. The van der Waals surface area contributed by atoms with Crippen LogP contribution in [0.2, 0.25) is 5.02 Å². The zero-order valence-corrected chi connectivity index (χ0v) is 10.8. The Kier molecular flexibility index (Phi) is 4.62. The minimum atomic E-state index is 0.0923. The van der Waals surface area contributed by atoms with Gasteiger partial charge in [0.1, 0.15) is 0 Å². The van der Waals surface area contributed by atoms with Gasteiger partial charge >= 0.3 is 0 Å². The lowest BCUT2D eigenvalue weighted by Crippen LogP contribution is -2.12. The van der Waals surface area contributed by atoms with Gasteiger partial charge < -0.3 is 10.4 Å². The number of rotatable bonds is 5. The maximum atomic E-state index is 9.16. The predicted molar refractivity (Wildman–Crippen MR) is 76.0 cm³/mol. The Bertz CT molecular complexity index is 470.